The maximum absolute atomic E-state index is 10.9. The minimum atomic E-state index is -0.878. The molecule has 1 saturated heterocycles. The van der Waals surface area contributed by atoms with E-state index in [2.05, 4.69) is 71.5 Å². The average Bonchev–Trinajstić information content (AvgIpc) is 2.76. The highest BCUT2D eigenvalue weighted by Crippen LogP contribution is 2.19. The smallest absolute Gasteiger partial charge is 0.191 e. The highest BCUT2D eigenvalue weighted by Gasteiger charge is 2.25. The van der Waals surface area contributed by atoms with Crippen LogP contribution < -0.4 is 10.6 Å². The maximum atomic E-state index is 10.9. The van der Waals surface area contributed by atoms with E-state index in [4.69, 9.17) is 9.73 Å². The highest BCUT2D eigenvalue weighted by atomic mass is 16.5. The molecule has 2 rings (SSSR count). The van der Waals surface area contributed by atoms with E-state index in [0.29, 0.717) is 13.1 Å². The molecule has 0 amide bonds. The number of nitrogens with zero attached hydrogens (tertiary/aromatic N) is 3. The van der Waals surface area contributed by atoms with Crippen LogP contribution >= 0.6 is 0 Å². The van der Waals surface area contributed by atoms with Crippen molar-refractivity contribution in [3.8, 4) is 0 Å². The second-order valence-electron chi connectivity index (χ2n) is 8.11. The van der Waals surface area contributed by atoms with Gasteiger partial charge in [-0.3, -0.25) is 14.8 Å². The van der Waals surface area contributed by atoms with E-state index in [1.807, 2.05) is 6.92 Å². The second-order valence-corrected chi connectivity index (χ2v) is 8.11. The zero-order valence-corrected chi connectivity index (χ0v) is 19.2. The topological polar surface area (TPSA) is 72.4 Å². The van der Waals surface area contributed by atoms with Crippen LogP contribution in [0.25, 0.3) is 0 Å². The molecule has 0 aromatic heterocycles. The van der Waals surface area contributed by atoms with Gasteiger partial charge in [0.05, 0.1) is 31.4 Å². The van der Waals surface area contributed by atoms with Gasteiger partial charge in [-0.2, -0.15) is 0 Å². The number of likely N-dealkylation sites (N-methyl/N-ethyl adjacent to an activating group) is 1. The third-order valence-electron chi connectivity index (χ3n) is 5.49. The molecule has 1 aromatic rings. The van der Waals surface area contributed by atoms with Crippen molar-refractivity contribution in [1.82, 2.24) is 20.4 Å². The van der Waals surface area contributed by atoms with Crippen molar-refractivity contribution in [2.45, 2.75) is 39.3 Å². The van der Waals surface area contributed by atoms with Crippen molar-refractivity contribution in [2.75, 3.05) is 65.6 Å². The second kappa shape index (κ2) is 12.9. The molecule has 2 unspecified atom stereocenters. The molecule has 2 atom stereocenters. The van der Waals surface area contributed by atoms with Crippen LogP contribution in [0.15, 0.2) is 35.3 Å². The summed E-state index contributed by atoms with van der Waals surface area (Å²) in [7, 11) is 0. The number of aliphatic hydroxyl groups is 1. The predicted octanol–water partition coefficient (Wildman–Crippen LogP) is 1.71. The van der Waals surface area contributed by atoms with Crippen molar-refractivity contribution in [3.05, 3.63) is 35.9 Å². The molecule has 1 aromatic carbocycles. The summed E-state index contributed by atoms with van der Waals surface area (Å²) in [6, 6.07) is 10.9. The first-order valence-electron chi connectivity index (χ1n) is 11.3. The Kier molecular flexibility index (Phi) is 10.6. The fraction of sp³-hybridized carbons (Fsp3) is 0.696. The lowest BCUT2D eigenvalue weighted by Gasteiger charge is -2.33. The van der Waals surface area contributed by atoms with E-state index in [1.54, 1.807) is 0 Å². The molecule has 0 bridgehead atoms. The number of ether oxygens (including phenoxy) is 1. The zero-order chi connectivity index (χ0) is 21.8. The Labute approximate surface area is 182 Å². The van der Waals surface area contributed by atoms with Gasteiger partial charge < -0.3 is 20.5 Å². The number of hydrogen-bond acceptors (Lipinski definition) is 5. The number of nitrogens with one attached hydrogen (secondary N) is 2. The first-order chi connectivity index (χ1) is 14.5. The third kappa shape index (κ3) is 8.22. The molecule has 0 aliphatic carbocycles. The monoisotopic (exact) mass is 419 g/mol. The van der Waals surface area contributed by atoms with Gasteiger partial charge in [0.2, 0.25) is 0 Å². The Morgan fingerprint density at radius 3 is 2.43 bits per heavy atom. The minimum absolute atomic E-state index is 0.263. The SMILES string of the molecule is CCNC(=NCC(C)(O)CN1CCOCC1)NCC(c1ccccc1)N(CC)CC. The summed E-state index contributed by atoms with van der Waals surface area (Å²) >= 11 is 0. The first kappa shape index (κ1) is 24.6. The molecule has 1 aliphatic rings. The van der Waals surface area contributed by atoms with Gasteiger partial charge in [-0.15, -0.1) is 0 Å². The number of rotatable bonds is 11. The van der Waals surface area contributed by atoms with Crippen LogP contribution in [0.5, 0.6) is 0 Å². The number of β-amino-alcohol motifs (C(OH)–C–C–N with tert-alkyl or cyclic N) is 1. The van der Waals surface area contributed by atoms with Crippen LogP contribution in [0.2, 0.25) is 0 Å². The van der Waals surface area contributed by atoms with Gasteiger partial charge in [-0.1, -0.05) is 44.2 Å². The van der Waals surface area contributed by atoms with Gasteiger partial charge in [0, 0.05) is 32.7 Å². The van der Waals surface area contributed by atoms with Crippen LogP contribution in [0.3, 0.4) is 0 Å². The minimum Gasteiger partial charge on any atom is -0.387 e. The van der Waals surface area contributed by atoms with E-state index in [1.165, 1.54) is 5.56 Å². The van der Waals surface area contributed by atoms with Crippen LogP contribution in [-0.4, -0.2) is 92.0 Å². The van der Waals surface area contributed by atoms with E-state index in [9.17, 15) is 5.11 Å². The number of morpholine rings is 1. The third-order valence-corrected chi connectivity index (χ3v) is 5.49. The summed E-state index contributed by atoms with van der Waals surface area (Å²) < 4.78 is 5.40. The maximum Gasteiger partial charge on any atom is 0.191 e. The Bertz CT molecular complexity index is 613. The zero-order valence-electron chi connectivity index (χ0n) is 19.2. The summed E-state index contributed by atoms with van der Waals surface area (Å²) in [6.45, 7) is 15.9. The Balaban J connectivity index is 2.01. The number of benzene rings is 1. The normalized spacial score (nSPS) is 18.8. The van der Waals surface area contributed by atoms with Gasteiger partial charge >= 0.3 is 0 Å². The predicted molar refractivity (Wildman–Crippen MR) is 124 cm³/mol. The van der Waals surface area contributed by atoms with Gasteiger partial charge in [0.25, 0.3) is 0 Å². The van der Waals surface area contributed by atoms with Crippen molar-refractivity contribution >= 4 is 5.96 Å². The average molecular weight is 420 g/mol. The van der Waals surface area contributed by atoms with Crippen molar-refractivity contribution in [2.24, 2.45) is 4.99 Å². The summed E-state index contributed by atoms with van der Waals surface area (Å²) in [4.78, 5) is 9.38. The first-order valence-corrected chi connectivity index (χ1v) is 11.3. The molecule has 1 fully saturated rings. The van der Waals surface area contributed by atoms with Crippen molar-refractivity contribution < 1.29 is 9.84 Å². The fourth-order valence-corrected chi connectivity index (χ4v) is 3.87. The van der Waals surface area contributed by atoms with E-state index < -0.39 is 5.60 Å². The largest absolute Gasteiger partial charge is 0.387 e. The van der Waals surface area contributed by atoms with Crippen LogP contribution in [-0.2, 0) is 4.74 Å². The molecule has 0 spiro atoms. The van der Waals surface area contributed by atoms with Crippen molar-refractivity contribution in [1.29, 1.82) is 0 Å². The molecule has 7 nitrogen and oxygen atoms in total. The van der Waals surface area contributed by atoms with Gasteiger partial charge in [-0.25, -0.2) is 0 Å². The molecule has 170 valence electrons. The number of aliphatic imine (C=N–C) groups is 1. The van der Waals surface area contributed by atoms with Crippen LogP contribution in [0.4, 0.5) is 0 Å². The Morgan fingerprint density at radius 2 is 1.83 bits per heavy atom. The Hall–Kier alpha value is -1.67. The van der Waals surface area contributed by atoms with Gasteiger partial charge in [0.1, 0.15) is 0 Å². The molecule has 1 heterocycles. The van der Waals surface area contributed by atoms with Gasteiger partial charge in [0.15, 0.2) is 5.96 Å². The highest BCUT2D eigenvalue weighted by molar-refractivity contribution is 5.79. The number of hydrogen-bond donors (Lipinski definition) is 3. The van der Waals surface area contributed by atoms with E-state index >= 15 is 0 Å². The Morgan fingerprint density at radius 1 is 1.17 bits per heavy atom. The quantitative estimate of drug-likeness (QED) is 0.375. The van der Waals surface area contributed by atoms with Crippen LogP contribution in [0.1, 0.15) is 39.3 Å². The molecule has 0 saturated carbocycles. The molecule has 0 radical (unpaired) electrons. The van der Waals surface area contributed by atoms with Gasteiger partial charge in [-0.05, 0) is 32.5 Å². The van der Waals surface area contributed by atoms with Crippen molar-refractivity contribution in [3.63, 3.8) is 0 Å². The van der Waals surface area contributed by atoms with Crippen LogP contribution in [0, 0.1) is 0 Å². The summed E-state index contributed by atoms with van der Waals surface area (Å²) in [5.74, 6) is 0.743. The summed E-state index contributed by atoms with van der Waals surface area (Å²) in [5.41, 5.74) is 0.418. The van der Waals surface area contributed by atoms with E-state index in [0.717, 1.165) is 58.4 Å². The standard InChI is InChI=1S/C23H41N5O2/c1-5-24-22(26-18-23(4,29)19-27-13-15-30-16-14-27)25-17-21(28(6-2)7-3)20-11-9-8-10-12-20/h8-12,21,29H,5-7,13-19H2,1-4H3,(H2,24,25,26). The fourth-order valence-electron chi connectivity index (χ4n) is 3.87. The molecule has 30 heavy (non-hydrogen) atoms. The lowest BCUT2D eigenvalue weighted by molar-refractivity contribution is -0.0180. The molecular formula is C23H41N5O2. The molecule has 7 heteroatoms. The van der Waals surface area contributed by atoms with E-state index in [-0.39, 0.29) is 6.04 Å². The lowest BCUT2D eigenvalue weighted by Crippen LogP contribution is -2.48. The lowest BCUT2D eigenvalue weighted by atomic mass is 10.1. The molecule has 3 N–H and O–H groups in total. The molecule has 1 aliphatic heterocycles. The summed E-state index contributed by atoms with van der Waals surface area (Å²) in [6.07, 6.45) is 0. The summed E-state index contributed by atoms with van der Waals surface area (Å²) in [5, 5.41) is 17.7. The molecular weight excluding hydrogens is 378 g/mol. The number of guanidine groups is 1.